The van der Waals surface area contributed by atoms with E-state index in [2.05, 4.69) is 15.0 Å². The molecule has 0 bridgehead atoms. The SMILES string of the molecule is CC(=O)NC(COC(=O)C(F)(F)F)[C@H]1C[C@](O)(C(=O)O)C[C@@H]1N=C(N)N. The number of nitrogens with two attached hydrogens (primary N) is 2. The third kappa shape index (κ3) is 5.47. The number of carbonyl (C=O) groups excluding carboxylic acids is 2. The van der Waals surface area contributed by atoms with Gasteiger partial charge in [-0.3, -0.25) is 4.79 Å². The maximum Gasteiger partial charge on any atom is 0.490 e. The molecule has 1 aliphatic rings. The van der Waals surface area contributed by atoms with Crippen LogP contribution in [0.4, 0.5) is 13.2 Å². The maximum atomic E-state index is 12.3. The summed E-state index contributed by atoms with van der Waals surface area (Å²) in [7, 11) is 0. The molecular weight excluding hydrogens is 365 g/mol. The van der Waals surface area contributed by atoms with Crippen LogP contribution in [0.25, 0.3) is 0 Å². The highest BCUT2D eigenvalue weighted by Crippen LogP contribution is 2.39. The second-order valence-electron chi connectivity index (χ2n) is 5.93. The van der Waals surface area contributed by atoms with Crippen molar-refractivity contribution in [3.63, 3.8) is 0 Å². The summed E-state index contributed by atoms with van der Waals surface area (Å²) in [5, 5.41) is 21.6. The van der Waals surface area contributed by atoms with Gasteiger partial charge in [0.15, 0.2) is 11.6 Å². The van der Waals surface area contributed by atoms with Gasteiger partial charge in [0.05, 0.1) is 12.1 Å². The molecule has 0 spiro atoms. The number of amides is 1. The predicted molar refractivity (Wildman–Crippen MR) is 79.5 cm³/mol. The molecule has 13 heteroatoms. The van der Waals surface area contributed by atoms with E-state index in [1.54, 1.807) is 0 Å². The van der Waals surface area contributed by atoms with Crippen LogP contribution in [0.1, 0.15) is 19.8 Å². The molecule has 26 heavy (non-hydrogen) atoms. The molecule has 10 nitrogen and oxygen atoms in total. The highest BCUT2D eigenvalue weighted by atomic mass is 19.4. The van der Waals surface area contributed by atoms with Crippen LogP contribution in [0.15, 0.2) is 4.99 Å². The van der Waals surface area contributed by atoms with Crippen molar-refractivity contribution in [1.82, 2.24) is 5.32 Å². The Kier molecular flexibility index (Phi) is 6.41. The number of aliphatic carboxylic acids is 1. The lowest BCUT2D eigenvalue weighted by Crippen LogP contribution is -2.47. The lowest BCUT2D eigenvalue weighted by molar-refractivity contribution is -0.200. The summed E-state index contributed by atoms with van der Waals surface area (Å²) in [6, 6.07) is -2.28. The number of nitrogens with zero attached hydrogens (tertiary/aromatic N) is 1. The molecule has 0 aromatic heterocycles. The molecule has 1 aliphatic carbocycles. The quantitative estimate of drug-likeness (QED) is 0.208. The molecule has 1 amide bonds. The topological polar surface area (TPSA) is 177 Å². The summed E-state index contributed by atoms with van der Waals surface area (Å²) in [6.07, 6.45) is -6.15. The van der Waals surface area contributed by atoms with E-state index in [1.165, 1.54) is 0 Å². The van der Waals surface area contributed by atoms with Gasteiger partial charge in [-0.15, -0.1) is 0 Å². The van der Waals surface area contributed by atoms with Crippen molar-refractivity contribution in [2.45, 2.75) is 43.6 Å². The molecule has 4 atom stereocenters. The van der Waals surface area contributed by atoms with Crippen molar-refractivity contribution in [2.75, 3.05) is 6.61 Å². The molecule has 0 aromatic rings. The molecule has 0 aromatic carbocycles. The van der Waals surface area contributed by atoms with Gasteiger partial charge in [-0.25, -0.2) is 14.6 Å². The normalized spacial score (nSPS) is 26.7. The molecule has 1 saturated carbocycles. The fraction of sp³-hybridized carbons (Fsp3) is 0.692. The first-order chi connectivity index (χ1) is 11.8. The zero-order valence-electron chi connectivity index (χ0n) is 13.6. The fourth-order valence-electron chi connectivity index (χ4n) is 2.81. The number of carboxylic acid groups (broad SMARTS) is 1. The van der Waals surface area contributed by atoms with E-state index < -0.39 is 73.0 Å². The summed E-state index contributed by atoms with van der Waals surface area (Å²) < 4.78 is 41.0. The first-order valence-corrected chi connectivity index (χ1v) is 7.32. The Morgan fingerprint density at radius 2 is 1.92 bits per heavy atom. The number of carboxylic acids is 1. The number of aliphatic hydroxyl groups is 1. The number of rotatable bonds is 6. The van der Waals surface area contributed by atoms with Gasteiger partial charge < -0.3 is 31.7 Å². The lowest BCUT2D eigenvalue weighted by atomic mass is 9.93. The van der Waals surface area contributed by atoms with Gasteiger partial charge >= 0.3 is 18.1 Å². The van der Waals surface area contributed by atoms with Crippen LogP contribution in [-0.2, 0) is 19.1 Å². The molecule has 1 rings (SSSR count). The van der Waals surface area contributed by atoms with E-state index in [0.29, 0.717) is 0 Å². The average molecular weight is 384 g/mol. The largest absolute Gasteiger partial charge is 0.490 e. The van der Waals surface area contributed by atoms with Crippen LogP contribution in [0, 0.1) is 5.92 Å². The second-order valence-corrected chi connectivity index (χ2v) is 5.93. The van der Waals surface area contributed by atoms with Gasteiger partial charge in [0, 0.05) is 19.3 Å². The minimum absolute atomic E-state index is 0.436. The standard InChI is InChI=1S/C13H19F3N4O6/c1-5(21)19-8(4-26-10(24)13(14,15)16)6-2-12(25,9(22)23)3-7(6)20-11(17)18/h6-8,25H,2-4H2,1H3,(H,19,21)(H,22,23)(H4,17,18,20)/t6-,7-,8?,12+/m0/s1. The Hall–Kier alpha value is -2.57. The summed E-state index contributed by atoms with van der Waals surface area (Å²) in [4.78, 5) is 37.3. The number of esters is 1. The van der Waals surface area contributed by atoms with Gasteiger partial charge in [0.1, 0.15) is 6.61 Å². The van der Waals surface area contributed by atoms with Crippen LogP contribution >= 0.6 is 0 Å². The molecule has 148 valence electrons. The van der Waals surface area contributed by atoms with Crippen LogP contribution in [-0.4, -0.2) is 64.5 Å². The number of hydrogen-bond acceptors (Lipinski definition) is 6. The third-order valence-electron chi connectivity index (χ3n) is 3.86. The zero-order valence-corrected chi connectivity index (χ0v) is 13.6. The van der Waals surface area contributed by atoms with Crippen molar-refractivity contribution in [3.8, 4) is 0 Å². The van der Waals surface area contributed by atoms with Crippen molar-refractivity contribution >= 4 is 23.8 Å². The summed E-state index contributed by atoms with van der Waals surface area (Å²) >= 11 is 0. The summed E-state index contributed by atoms with van der Waals surface area (Å²) in [6.45, 7) is 0.154. The molecule has 0 radical (unpaired) electrons. The number of ether oxygens (including phenoxy) is 1. The molecule has 7 N–H and O–H groups in total. The highest BCUT2D eigenvalue weighted by Gasteiger charge is 2.52. The van der Waals surface area contributed by atoms with Crippen LogP contribution in [0.2, 0.25) is 0 Å². The number of carbonyl (C=O) groups is 3. The molecular formula is C13H19F3N4O6. The number of nitrogens with one attached hydrogen (secondary N) is 1. The molecule has 0 saturated heterocycles. The van der Waals surface area contributed by atoms with Crippen molar-refractivity contribution in [1.29, 1.82) is 0 Å². The highest BCUT2D eigenvalue weighted by molar-refractivity contribution is 5.79. The predicted octanol–water partition coefficient (Wildman–Crippen LogP) is -1.54. The Balaban J connectivity index is 3.08. The number of alkyl halides is 3. The van der Waals surface area contributed by atoms with Gasteiger partial charge in [0.2, 0.25) is 5.91 Å². The van der Waals surface area contributed by atoms with E-state index >= 15 is 0 Å². The van der Waals surface area contributed by atoms with Crippen molar-refractivity contribution in [3.05, 3.63) is 0 Å². The van der Waals surface area contributed by atoms with Gasteiger partial charge in [-0.2, -0.15) is 13.2 Å². The fourth-order valence-corrected chi connectivity index (χ4v) is 2.81. The number of hydrogen-bond donors (Lipinski definition) is 5. The first kappa shape index (κ1) is 21.5. The molecule has 1 fully saturated rings. The Morgan fingerprint density at radius 3 is 2.35 bits per heavy atom. The van der Waals surface area contributed by atoms with E-state index in [4.69, 9.17) is 16.6 Å². The van der Waals surface area contributed by atoms with Crippen LogP contribution in [0.3, 0.4) is 0 Å². The molecule has 0 aliphatic heterocycles. The number of halogens is 3. The number of aliphatic imine (C=N–C) groups is 1. The first-order valence-electron chi connectivity index (χ1n) is 7.32. The third-order valence-corrected chi connectivity index (χ3v) is 3.86. The van der Waals surface area contributed by atoms with Crippen LogP contribution in [0.5, 0.6) is 0 Å². The summed E-state index contributed by atoms with van der Waals surface area (Å²) in [5.74, 6) is -6.17. The van der Waals surface area contributed by atoms with E-state index in [-0.39, 0.29) is 0 Å². The minimum Gasteiger partial charge on any atom is -0.479 e. The van der Waals surface area contributed by atoms with E-state index in [0.717, 1.165) is 6.92 Å². The van der Waals surface area contributed by atoms with Gasteiger partial charge in [0.25, 0.3) is 0 Å². The Labute approximate surface area is 145 Å². The summed E-state index contributed by atoms with van der Waals surface area (Å²) in [5.41, 5.74) is 8.26. The zero-order chi connectivity index (χ0) is 20.3. The van der Waals surface area contributed by atoms with Crippen molar-refractivity contribution in [2.24, 2.45) is 22.4 Å². The average Bonchev–Trinajstić information content (AvgIpc) is 2.79. The monoisotopic (exact) mass is 384 g/mol. The van der Waals surface area contributed by atoms with Crippen LogP contribution < -0.4 is 16.8 Å². The van der Waals surface area contributed by atoms with E-state index in [9.17, 15) is 32.7 Å². The number of guanidine groups is 1. The van der Waals surface area contributed by atoms with Gasteiger partial charge in [-0.05, 0) is 6.42 Å². The minimum atomic E-state index is -5.24. The lowest BCUT2D eigenvalue weighted by Gasteiger charge is -2.27. The molecule has 0 heterocycles. The maximum absolute atomic E-state index is 12.3. The van der Waals surface area contributed by atoms with Gasteiger partial charge in [-0.1, -0.05) is 0 Å². The second kappa shape index (κ2) is 7.76. The Morgan fingerprint density at radius 1 is 1.35 bits per heavy atom. The molecule has 1 unspecified atom stereocenters. The van der Waals surface area contributed by atoms with Crippen molar-refractivity contribution < 1.29 is 42.5 Å². The van der Waals surface area contributed by atoms with E-state index in [1.807, 2.05) is 0 Å². The Bertz CT molecular complexity index is 607. The smallest absolute Gasteiger partial charge is 0.479 e.